The van der Waals surface area contributed by atoms with Gasteiger partial charge in [0.25, 0.3) is 57.4 Å². The minimum absolute atomic E-state index is 0.0277. The molecule has 21 heteroatoms. The third-order valence-electron chi connectivity index (χ3n) is 20.5. The Balaban J connectivity index is 0.637. The third kappa shape index (κ3) is 9.60. The first-order chi connectivity index (χ1) is 50.8. The van der Waals surface area contributed by atoms with Gasteiger partial charge in [-0.3, -0.25) is 42.9 Å². The summed E-state index contributed by atoms with van der Waals surface area (Å²) in [4.78, 5) is 122. The molecular formula is C84H49N5O14S2. The van der Waals surface area contributed by atoms with Crippen molar-refractivity contribution < 1.29 is 64.0 Å². The van der Waals surface area contributed by atoms with Crippen LogP contribution < -0.4 is 25.5 Å². The molecule has 0 spiro atoms. The zero-order valence-corrected chi connectivity index (χ0v) is 56.1. The summed E-state index contributed by atoms with van der Waals surface area (Å²) < 4.78 is 69.7. The Morgan fingerprint density at radius 3 is 0.971 bits per heavy atom. The van der Waals surface area contributed by atoms with Gasteiger partial charge < -0.3 is 0 Å². The lowest BCUT2D eigenvalue weighted by Crippen LogP contribution is -2.43. The van der Waals surface area contributed by atoms with Crippen LogP contribution in [-0.4, -0.2) is 68.6 Å². The smallest absolute Gasteiger partial charge is 0.282 e. The number of benzene rings is 12. The minimum Gasteiger partial charge on any atom is -0.282 e. The summed E-state index contributed by atoms with van der Waals surface area (Å²) in [6.07, 6.45) is 6.41. The van der Waals surface area contributed by atoms with E-state index in [9.17, 15) is 40.6 Å². The highest BCUT2D eigenvalue weighted by atomic mass is 32.2. The van der Waals surface area contributed by atoms with E-state index in [0.29, 0.717) is 32.3 Å². The molecule has 4 heterocycles. The second-order valence-corrected chi connectivity index (χ2v) is 28.8. The van der Waals surface area contributed by atoms with Gasteiger partial charge in [0.1, 0.15) is 9.79 Å². The normalized spacial score (nSPS) is 16.6. The number of carbonyl (C=O) groups excluding carboxylic acids is 8. The Morgan fingerprint density at radius 1 is 0.333 bits per heavy atom. The van der Waals surface area contributed by atoms with Crippen LogP contribution in [0.5, 0.6) is 0 Å². The Bertz CT molecular complexity index is 6280. The molecule has 506 valence electrons. The van der Waals surface area contributed by atoms with Crippen molar-refractivity contribution in [2.45, 2.75) is 21.6 Å². The van der Waals surface area contributed by atoms with Crippen molar-refractivity contribution in [1.29, 1.82) is 0 Å². The van der Waals surface area contributed by atoms with Gasteiger partial charge in [-0.25, -0.2) is 19.6 Å². The molecule has 12 aromatic rings. The van der Waals surface area contributed by atoms with Gasteiger partial charge in [-0.1, -0.05) is 170 Å². The lowest BCUT2D eigenvalue weighted by molar-refractivity contribution is 0.0873. The van der Waals surface area contributed by atoms with E-state index in [0.717, 1.165) is 84.7 Å². The van der Waals surface area contributed by atoms with E-state index < -0.39 is 77.3 Å². The van der Waals surface area contributed by atoms with Crippen LogP contribution >= 0.6 is 0 Å². The van der Waals surface area contributed by atoms with Crippen molar-refractivity contribution in [3.63, 3.8) is 0 Å². The zero-order chi connectivity index (χ0) is 72.2. The maximum absolute atomic E-state index is 15.0. The van der Waals surface area contributed by atoms with Gasteiger partial charge in [-0.15, -0.1) is 0 Å². The first-order valence-corrected chi connectivity index (χ1v) is 35.9. The highest BCUT2D eigenvalue weighted by Gasteiger charge is 2.46. The number of amides is 8. The van der Waals surface area contributed by atoms with Crippen LogP contribution in [0.1, 0.15) is 150 Å². The summed E-state index contributed by atoms with van der Waals surface area (Å²) in [6.45, 7) is 0. The summed E-state index contributed by atoms with van der Waals surface area (Å²) in [5.41, 5.74) is 8.43. The van der Waals surface area contributed by atoms with E-state index >= 15 is 19.2 Å². The van der Waals surface area contributed by atoms with Crippen molar-refractivity contribution >= 4 is 147 Å². The first-order valence-electron chi connectivity index (χ1n) is 33.0. The SMILES string of the molecule is NOS(=O)(=O)c1cc(N2C(=O)c3ccc4c5c(ccc(c35)C2=O)C(=O)N(c2ccccc2C2C(c3ccccc3)=Cc3ccccc32)C4=O)ccc1/C=C/c1ccc(N2C(=O)c3ccc4c5c(ccc(c35)C2=O)C(=O)N(c2ccccc2C2C(c3ccccc3)=Cc3ccccc32)C4=O)cc1S(=O)(=O)O. The van der Waals surface area contributed by atoms with Gasteiger partial charge in [-0.05, 0) is 164 Å². The maximum Gasteiger partial charge on any atom is 0.313 e. The number of anilines is 4. The van der Waals surface area contributed by atoms with E-state index in [2.05, 4.69) is 16.4 Å². The Hall–Kier alpha value is -13.3. The lowest BCUT2D eigenvalue weighted by Gasteiger charge is -2.33. The van der Waals surface area contributed by atoms with E-state index in [-0.39, 0.29) is 100 Å². The molecule has 0 radical (unpaired) electrons. The summed E-state index contributed by atoms with van der Waals surface area (Å²) in [5, 5.41) is 0.213. The van der Waals surface area contributed by atoms with Gasteiger partial charge in [0, 0.05) is 77.9 Å². The fourth-order valence-electron chi connectivity index (χ4n) is 15.9. The quantitative estimate of drug-likeness (QED) is 0.0470. The second kappa shape index (κ2) is 23.7. The van der Waals surface area contributed by atoms with Gasteiger partial charge in [0.05, 0.1) is 22.7 Å². The predicted octanol–water partition coefficient (Wildman–Crippen LogP) is 14.6. The molecule has 2 atom stereocenters. The van der Waals surface area contributed by atoms with Crippen molar-refractivity contribution in [3.05, 3.63) is 343 Å². The minimum atomic E-state index is -5.26. The number of carbonyl (C=O) groups is 8. The highest BCUT2D eigenvalue weighted by molar-refractivity contribution is 7.86. The molecule has 3 N–H and O–H groups in total. The van der Waals surface area contributed by atoms with Crippen LogP contribution in [0.4, 0.5) is 22.7 Å². The summed E-state index contributed by atoms with van der Waals surface area (Å²) in [5.74, 6) is -2.03. The average Bonchev–Trinajstić information content (AvgIpc) is 1.19. The molecule has 4 aliphatic heterocycles. The molecule has 105 heavy (non-hydrogen) atoms. The van der Waals surface area contributed by atoms with Crippen LogP contribution in [0.15, 0.2) is 252 Å². The van der Waals surface area contributed by atoms with Gasteiger partial charge in [0.2, 0.25) is 0 Å². The molecule has 19 nitrogen and oxygen atoms in total. The number of nitrogens with zero attached hydrogens (tertiary/aromatic N) is 4. The molecule has 0 aromatic heterocycles. The second-order valence-electron chi connectivity index (χ2n) is 25.9. The number of allylic oxidation sites excluding steroid dienone is 2. The third-order valence-corrected chi connectivity index (χ3v) is 22.5. The van der Waals surface area contributed by atoms with Crippen LogP contribution in [-0.2, 0) is 24.5 Å². The highest BCUT2D eigenvalue weighted by Crippen LogP contribution is 2.53. The van der Waals surface area contributed by atoms with Gasteiger partial charge in [-0.2, -0.15) is 27.0 Å². The first kappa shape index (κ1) is 63.9. The predicted molar refractivity (Wildman–Crippen MR) is 395 cm³/mol. The number of rotatable bonds is 13. The summed E-state index contributed by atoms with van der Waals surface area (Å²) in [6, 6.07) is 67.4. The molecule has 6 aliphatic rings. The molecule has 0 saturated carbocycles. The standard InChI is InChI=1S/C84H49N5O14S2/c85-103-105(101,102)70-44-52(87-79(92)59-35-39-63-76-64(40-36-60(74(59)76)80(87)93)84(97)89(83(63)96)68-26-14-12-24-56(68)72-54-22-10-8-20-50(54)42-66(72)46-17-5-2-6-18-46)32-30-48(70)28-27-47-29-31-51(43-69(47)104(98,99)100)86-77(90)57-33-37-61-75-62(38-34-58(73(57)75)78(86)91)82(95)88(81(61)94)67-25-13-11-23-55(67)71-53-21-9-7-19-49(53)41-65(71)45-15-3-1-4-16-45/h1-44,71-72H,85H2,(H,98,99,100)/b28-27+. The van der Waals surface area contributed by atoms with Crippen molar-refractivity contribution in [2.24, 2.45) is 5.90 Å². The van der Waals surface area contributed by atoms with Gasteiger partial charge in [0.15, 0.2) is 0 Å². The zero-order valence-electron chi connectivity index (χ0n) is 54.5. The number of nitrogens with two attached hydrogens (primary N) is 1. The van der Waals surface area contributed by atoms with Crippen LogP contribution in [0.25, 0.3) is 57.0 Å². The number of hydrogen-bond acceptors (Lipinski definition) is 14. The average molecular weight is 1420 g/mol. The number of hydrogen-bond donors (Lipinski definition) is 2. The molecule has 2 unspecified atom stereocenters. The van der Waals surface area contributed by atoms with Crippen LogP contribution in [0, 0.1) is 0 Å². The fraction of sp³-hybridized carbons (Fsp3) is 0.0238. The molecule has 2 aliphatic carbocycles. The molecule has 18 rings (SSSR count). The van der Waals surface area contributed by atoms with E-state index in [1.165, 1.54) is 66.7 Å². The largest absolute Gasteiger partial charge is 0.313 e. The number of imide groups is 4. The van der Waals surface area contributed by atoms with Crippen LogP contribution in [0.3, 0.4) is 0 Å². The van der Waals surface area contributed by atoms with E-state index in [1.807, 2.05) is 133 Å². The Morgan fingerprint density at radius 2 is 0.629 bits per heavy atom. The number of para-hydroxylation sites is 2. The monoisotopic (exact) mass is 1420 g/mol. The molecule has 0 bridgehead atoms. The Kier molecular flexibility index (Phi) is 14.4. The van der Waals surface area contributed by atoms with Crippen molar-refractivity contribution in [2.75, 3.05) is 19.6 Å². The molecular weight excluding hydrogens is 1370 g/mol. The molecule has 0 fully saturated rings. The van der Waals surface area contributed by atoms with Gasteiger partial charge >= 0.3 is 10.1 Å². The van der Waals surface area contributed by atoms with Crippen LogP contribution in [0.2, 0.25) is 0 Å². The van der Waals surface area contributed by atoms with Crippen molar-refractivity contribution in [1.82, 2.24) is 0 Å². The van der Waals surface area contributed by atoms with E-state index in [1.54, 1.807) is 24.3 Å². The maximum atomic E-state index is 15.0. The molecule has 12 aromatic carbocycles. The van der Waals surface area contributed by atoms with Crippen molar-refractivity contribution in [3.8, 4) is 0 Å². The number of fused-ring (bicyclic) bond motifs is 2. The lowest BCUT2D eigenvalue weighted by atomic mass is 9.83. The molecule has 8 amide bonds. The topological polar surface area (TPSA) is 273 Å². The summed E-state index contributed by atoms with van der Waals surface area (Å²) in [7, 11) is -10.2. The summed E-state index contributed by atoms with van der Waals surface area (Å²) >= 11 is 0. The molecule has 0 saturated heterocycles. The Labute approximate surface area is 597 Å². The fourth-order valence-corrected chi connectivity index (χ4v) is 17.4. The van der Waals surface area contributed by atoms with E-state index in [4.69, 9.17) is 5.90 Å².